The van der Waals surface area contributed by atoms with E-state index in [1.54, 1.807) is 17.4 Å². The van der Waals surface area contributed by atoms with Crippen LogP contribution in [0.5, 0.6) is 0 Å². The van der Waals surface area contributed by atoms with Gasteiger partial charge < -0.3 is 5.32 Å². The van der Waals surface area contributed by atoms with Crippen LogP contribution in [0, 0.1) is 5.82 Å². The maximum atomic E-state index is 13.8. The van der Waals surface area contributed by atoms with Crippen molar-refractivity contribution in [2.45, 2.75) is 19.9 Å². The summed E-state index contributed by atoms with van der Waals surface area (Å²) in [7, 11) is 0. The second-order valence-corrected chi connectivity index (χ2v) is 6.14. The molecule has 0 aliphatic heterocycles. The number of hydrogen-bond donors (Lipinski definition) is 1. The minimum atomic E-state index is -0.178. The molecule has 1 heterocycles. The SMILES string of the molecule is CCNC(C)c1ccc(-c2cc(Br)ccc2F)s1. The third kappa shape index (κ3) is 2.99. The second-order valence-electron chi connectivity index (χ2n) is 4.11. The molecule has 18 heavy (non-hydrogen) atoms. The van der Waals surface area contributed by atoms with Crippen molar-refractivity contribution < 1.29 is 4.39 Å². The van der Waals surface area contributed by atoms with Gasteiger partial charge in [-0.3, -0.25) is 0 Å². The van der Waals surface area contributed by atoms with Gasteiger partial charge in [-0.25, -0.2) is 4.39 Å². The predicted octanol–water partition coefficient (Wildman–Crippen LogP) is 4.99. The molecule has 4 heteroatoms. The summed E-state index contributed by atoms with van der Waals surface area (Å²) in [6.07, 6.45) is 0. The summed E-state index contributed by atoms with van der Waals surface area (Å²) in [4.78, 5) is 2.19. The highest BCUT2D eigenvalue weighted by molar-refractivity contribution is 9.10. The highest BCUT2D eigenvalue weighted by Crippen LogP contribution is 2.34. The first-order chi connectivity index (χ1) is 8.61. The van der Waals surface area contributed by atoms with Crippen LogP contribution in [0.15, 0.2) is 34.8 Å². The smallest absolute Gasteiger partial charge is 0.131 e. The van der Waals surface area contributed by atoms with Crippen molar-refractivity contribution in [3.63, 3.8) is 0 Å². The number of rotatable bonds is 4. The summed E-state index contributed by atoms with van der Waals surface area (Å²) in [6, 6.07) is 9.39. The van der Waals surface area contributed by atoms with Crippen molar-refractivity contribution in [1.29, 1.82) is 0 Å². The van der Waals surface area contributed by atoms with E-state index >= 15 is 0 Å². The minimum Gasteiger partial charge on any atom is -0.310 e. The van der Waals surface area contributed by atoms with Crippen LogP contribution >= 0.6 is 27.3 Å². The number of halogens is 2. The molecule has 0 fully saturated rings. The third-order valence-electron chi connectivity index (χ3n) is 2.76. The van der Waals surface area contributed by atoms with Gasteiger partial charge in [0.15, 0.2) is 0 Å². The van der Waals surface area contributed by atoms with Crippen LogP contribution in [0.2, 0.25) is 0 Å². The number of nitrogens with one attached hydrogen (secondary N) is 1. The molecule has 1 aromatic carbocycles. The Morgan fingerprint density at radius 3 is 2.83 bits per heavy atom. The lowest BCUT2D eigenvalue weighted by atomic mass is 10.2. The van der Waals surface area contributed by atoms with Gasteiger partial charge >= 0.3 is 0 Å². The molecular formula is C14H15BrFNS. The van der Waals surface area contributed by atoms with Crippen LogP contribution in [-0.2, 0) is 0 Å². The molecule has 0 amide bonds. The van der Waals surface area contributed by atoms with Gasteiger partial charge in [-0.1, -0.05) is 22.9 Å². The molecule has 0 aliphatic carbocycles. The van der Waals surface area contributed by atoms with E-state index in [0.29, 0.717) is 11.6 Å². The Bertz CT molecular complexity index is 538. The molecule has 0 radical (unpaired) electrons. The van der Waals surface area contributed by atoms with Crippen LogP contribution < -0.4 is 5.32 Å². The minimum absolute atomic E-state index is 0.178. The maximum absolute atomic E-state index is 13.8. The molecular weight excluding hydrogens is 313 g/mol. The Morgan fingerprint density at radius 1 is 1.33 bits per heavy atom. The highest BCUT2D eigenvalue weighted by Gasteiger charge is 2.11. The fraction of sp³-hybridized carbons (Fsp3) is 0.286. The molecule has 0 aliphatic rings. The fourth-order valence-electron chi connectivity index (χ4n) is 1.82. The predicted molar refractivity (Wildman–Crippen MR) is 79.5 cm³/mol. The van der Waals surface area contributed by atoms with Crippen LogP contribution in [0.25, 0.3) is 10.4 Å². The summed E-state index contributed by atoms with van der Waals surface area (Å²) < 4.78 is 14.7. The summed E-state index contributed by atoms with van der Waals surface area (Å²) in [5.41, 5.74) is 0.657. The van der Waals surface area contributed by atoms with Crippen molar-refractivity contribution in [3.05, 3.63) is 45.5 Å². The van der Waals surface area contributed by atoms with E-state index < -0.39 is 0 Å². The van der Waals surface area contributed by atoms with Gasteiger partial charge in [-0.05, 0) is 43.8 Å². The Morgan fingerprint density at radius 2 is 2.11 bits per heavy atom. The van der Waals surface area contributed by atoms with Gasteiger partial charge in [0.2, 0.25) is 0 Å². The average molecular weight is 328 g/mol. The van der Waals surface area contributed by atoms with E-state index in [2.05, 4.69) is 41.2 Å². The average Bonchev–Trinajstić information content (AvgIpc) is 2.82. The van der Waals surface area contributed by atoms with Gasteiger partial charge in [0.05, 0.1) is 0 Å². The van der Waals surface area contributed by atoms with Crippen LogP contribution in [0.3, 0.4) is 0 Å². The zero-order valence-corrected chi connectivity index (χ0v) is 12.7. The molecule has 1 atom stereocenters. The highest BCUT2D eigenvalue weighted by atomic mass is 79.9. The van der Waals surface area contributed by atoms with Crippen molar-refractivity contribution in [2.75, 3.05) is 6.54 Å². The van der Waals surface area contributed by atoms with E-state index in [4.69, 9.17) is 0 Å². The molecule has 96 valence electrons. The van der Waals surface area contributed by atoms with Gasteiger partial charge in [0.25, 0.3) is 0 Å². The molecule has 1 N–H and O–H groups in total. The van der Waals surface area contributed by atoms with Crippen LogP contribution in [0.4, 0.5) is 4.39 Å². The van der Waals surface area contributed by atoms with Gasteiger partial charge in [0.1, 0.15) is 5.82 Å². The lowest BCUT2D eigenvalue weighted by Crippen LogP contribution is -2.16. The summed E-state index contributed by atoms with van der Waals surface area (Å²) in [5, 5.41) is 3.36. The Hall–Kier alpha value is -0.710. The van der Waals surface area contributed by atoms with E-state index in [0.717, 1.165) is 15.9 Å². The molecule has 0 spiro atoms. The van der Waals surface area contributed by atoms with Gasteiger partial charge in [0, 0.05) is 25.8 Å². The molecule has 1 nitrogen and oxygen atoms in total. The van der Waals surface area contributed by atoms with Crippen LogP contribution in [0.1, 0.15) is 24.8 Å². The largest absolute Gasteiger partial charge is 0.310 e. The molecule has 2 aromatic rings. The summed E-state index contributed by atoms with van der Waals surface area (Å²) in [6.45, 7) is 5.13. The van der Waals surface area contributed by atoms with Gasteiger partial charge in [-0.15, -0.1) is 11.3 Å². The topological polar surface area (TPSA) is 12.0 Å². The lowest BCUT2D eigenvalue weighted by molar-refractivity contribution is 0.607. The zero-order valence-electron chi connectivity index (χ0n) is 10.3. The van der Waals surface area contributed by atoms with E-state index in [1.807, 2.05) is 12.1 Å². The first kappa shape index (κ1) is 13.7. The second kappa shape index (κ2) is 5.95. The van der Waals surface area contributed by atoms with E-state index in [1.165, 1.54) is 10.9 Å². The van der Waals surface area contributed by atoms with E-state index in [9.17, 15) is 4.39 Å². The lowest BCUT2D eigenvalue weighted by Gasteiger charge is -2.09. The standard InChI is InChI=1S/C14H15BrFNS/c1-3-17-9(2)13-6-7-14(18-13)11-8-10(15)4-5-12(11)16/h4-9,17H,3H2,1-2H3. The van der Waals surface area contributed by atoms with Gasteiger partial charge in [-0.2, -0.15) is 0 Å². The maximum Gasteiger partial charge on any atom is 0.131 e. The molecule has 0 saturated heterocycles. The molecule has 1 aromatic heterocycles. The first-order valence-corrected chi connectivity index (χ1v) is 7.51. The zero-order chi connectivity index (χ0) is 13.1. The summed E-state index contributed by atoms with van der Waals surface area (Å²) >= 11 is 5.01. The van der Waals surface area contributed by atoms with Crippen LogP contribution in [-0.4, -0.2) is 6.54 Å². The molecule has 0 saturated carbocycles. The number of thiophene rings is 1. The molecule has 2 rings (SSSR count). The van der Waals surface area contributed by atoms with Crippen molar-refractivity contribution in [3.8, 4) is 10.4 Å². The Kier molecular flexibility index (Phi) is 4.54. The fourth-order valence-corrected chi connectivity index (χ4v) is 3.24. The van der Waals surface area contributed by atoms with Crippen molar-refractivity contribution >= 4 is 27.3 Å². The van der Waals surface area contributed by atoms with Crippen molar-refractivity contribution in [2.24, 2.45) is 0 Å². The first-order valence-electron chi connectivity index (χ1n) is 5.90. The summed E-state index contributed by atoms with van der Waals surface area (Å²) in [5.74, 6) is -0.178. The molecule has 0 bridgehead atoms. The molecule has 1 unspecified atom stereocenters. The normalized spacial score (nSPS) is 12.7. The van der Waals surface area contributed by atoms with Crippen molar-refractivity contribution in [1.82, 2.24) is 5.32 Å². The third-order valence-corrected chi connectivity index (χ3v) is 4.55. The monoisotopic (exact) mass is 327 g/mol. The quantitative estimate of drug-likeness (QED) is 0.834. The van der Waals surface area contributed by atoms with E-state index in [-0.39, 0.29) is 5.82 Å². The Balaban J connectivity index is 2.32. The Labute approximate surface area is 119 Å². The number of hydrogen-bond acceptors (Lipinski definition) is 2. The number of benzene rings is 1.